The number of amides is 1. The van der Waals surface area contributed by atoms with Crippen LogP contribution in [-0.2, 0) is 4.74 Å². The Morgan fingerprint density at radius 2 is 2.23 bits per heavy atom. The molecule has 1 aliphatic rings. The largest absolute Gasteiger partial charge is 0.394 e. The van der Waals surface area contributed by atoms with E-state index in [9.17, 15) is 20.1 Å². The first-order valence-corrected chi connectivity index (χ1v) is 6.52. The van der Waals surface area contributed by atoms with Crippen molar-refractivity contribution in [3.63, 3.8) is 0 Å². The lowest BCUT2D eigenvalue weighted by molar-refractivity contribution is -0.0950. The summed E-state index contributed by atoms with van der Waals surface area (Å²) in [7, 11) is 0. The molecular weight excluding hydrogens is 294 g/mol. The van der Waals surface area contributed by atoms with E-state index in [1.54, 1.807) is 0 Å². The number of hydrogen-bond donors (Lipinski definition) is 4. The van der Waals surface area contributed by atoms with Crippen molar-refractivity contribution in [2.24, 2.45) is 5.73 Å². The van der Waals surface area contributed by atoms with E-state index in [0.29, 0.717) is 0 Å². The molecule has 2 aromatic heterocycles. The van der Waals surface area contributed by atoms with Gasteiger partial charge in [-0.25, -0.2) is 15.0 Å². The fourth-order valence-corrected chi connectivity index (χ4v) is 2.59. The van der Waals surface area contributed by atoms with Crippen molar-refractivity contribution in [3.8, 4) is 0 Å². The summed E-state index contributed by atoms with van der Waals surface area (Å²) in [6.45, 7) is 0.919. The topological polar surface area (TPSA) is 157 Å². The van der Waals surface area contributed by atoms with Crippen LogP contribution in [0.15, 0.2) is 12.7 Å². The highest BCUT2D eigenvalue weighted by molar-refractivity contribution is 6.01. The first kappa shape index (κ1) is 14.8. The van der Waals surface area contributed by atoms with Gasteiger partial charge in [-0.1, -0.05) is 0 Å². The molecule has 0 radical (unpaired) electrons. The Balaban J connectivity index is 2.12. The van der Waals surface area contributed by atoms with Gasteiger partial charge in [0.25, 0.3) is 5.91 Å². The highest BCUT2D eigenvalue weighted by Crippen LogP contribution is 2.39. The average molecular weight is 309 g/mol. The van der Waals surface area contributed by atoms with E-state index < -0.39 is 36.6 Å². The Hall–Kier alpha value is -2.14. The summed E-state index contributed by atoms with van der Waals surface area (Å²) in [6, 6.07) is 0. The van der Waals surface area contributed by atoms with Crippen molar-refractivity contribution in [2.45, 2.75) is 31.0 Å². The zero-order valence-corrected chi connectivity index (χ0v) is 11.6. The molecule has 4 atom stereocenters. The number of nitrogens with zero attached hydrogens (tertiary/aromatic N) is 4. The van der Waals surface area contributed by atoms with Gasteiger partial charge in [-0.15, -0.1) is 0 Å². The molecule has 118 valence electrons. The average Bonchev–Trinajstić information content (AvgIpc) is 2.99. The predicted molar refractivity (Wildman–Crippen MR) is 71.5 cm³/mol. The van der Waals surface area contributed by atoms with Gasteiger partial charge in [-0.05, 0) is 6.92 Å². The summed E-state index contributed by atoms with van der Waals surface area (Å²) < 4.78 is 6.85. The van der Waals surface area contributed by atoms with Crippen LogP contribution in [0.5, 0.6) is 0 Å². The quantitative estimate of drug-likeness (QED) is 0.503. The van der Waals surface area contributed by atoms with E-state index in [4.69, 9.17) is 10.5 Å². The molecular formula is C12H15N5O5. The van der Waals surface area contributed by atoms with Crippen molar-refractivity contribution < 1.29 is 24.9 Å². The Morgan fingerprint density at radius 3 is 2.82 bits per heavy atom. The van der Waals surface area contributed by atoms with Crippen LogP contribution in [0.3, 0.4) is 0 Å². The number of aromatic nitrogens is 4. The summed E-state index contributed by atoms with van der Waals surface area (Å²) in [5.41, 5.74) is 3.88. The molecule has 1 aliphatic heterocycles. The SMILES string of the molecule is C[C@@]1(O)[C@H](O)[C@@H](CO)O[C@H]1n1cnc2c(C(N)=O)ncnc21. The van der Waals surface area contributed by atoms with E-state index in [1.807, 2.05) is 0 Å². The summed E-state index contributed by atoms with van der Waals surface area (Å²) in [5.74, 6) is -0.759. The minimum Gasteiger partial charge on any atom is -0.394 e. The van der Waals surface area contributed by atoms with E-state index in [0.717, 1.165) is 6.33 Å². The van der Waals surface area contributed by atoms with Crippen LogP contribution < -0.4 is 5.73 Å². The number of hydrogen-bond acceptors (Lipinski definition) is 8. The molecule has 0 spiro atoms. The summed E-state index contributed by atoms with van der Waals surface area (Å²) in [5, 5.41) is 29.7. The molecule has 5 N–H and O–H groups in total. The predicted octanol–water partition coefficient (Wildman–Crippen LogP) is -2.07. The number of aliphatic hydroxyl groups is 3. The molecule has 1 amide bonds. The second-order valence-electron chi connectivity index (χ2n) is 5.29. The Morgan fingerprint density at radius 1 is 1.50 bits per heavy atom. The van der Waals surface area contributed by atoms with Gasteiger partial charge in [0.2, 0.25) is 0 Å². The zero-order chi connectivity index (χ0) is 16.1. The molecule has 10 nitrogen and oxygen atoms in total. The maximum Gasteiger partial charge on any atom is 0.269 e. The molecule has 1 fully saturated rings. The molecule has 0 aromatic carbocycles. The lowest BCUT2D eigenvalue weighted by Crippen LogP contribution is -2.44. The fraction of sp³-hybridized carbons (Fsp3) is 0.500. The molecule has 0 aliphatic carbocycles. The van der Waals surface area contributed by atoms with Gasteiger partial charge in [0.15, 0.2) is 17.6 Å². The summed E-state index contributed by atoms with van der Waals surface area (Å²) in [4.78, 5) is 23.2. The second-order valence-corrected chi connectivity index (χ2v) is 5.29. The first-order valence-electron chi connectivity index (χ1n) is 6.52. The normalized spacial score (nSPS) is 31.7. The molecule has 3 heterocycles. The molecule has 3 rings (SSSR count). The van der Waals surface area contributed by atoms with Gasteiger partial charge >= 0.3 is 0 Å². The zero-order valence-electron chi connectivity index (χ0n) is 11.6. The van der Waals surface area contributed by atoms with Gasteiger partial charge < -0.3 is 25.8 Å². The molecule has 0 bridgehead atoms. The maximum absolute atomic E-state index is 11.4. The van der Waals surface area contributed by atoms with Crippen molar-refractivity contribution >= 4 is 17.1 Å². The van der Waals surface area contributed by atoms with Crippen LogP contribution in [0.4, 0.5) is 0 Å². The number of ether oxygens (including phenoxy) is 1. The fourth-order valence-electron chi connectivity index (χ4n) is 2.59. The Kier molecular flexibility index (Phi) is 3.33. The van der Waals surface area contributed by atoms with Crippen LogP contribution in [0.1, 0.15) is 23.6 Å². The number of aliphatic hydroxyl groups excluding tert-OH is 2. The lowest BCUT2D eigenvalue weighted by Gasteiger charge is -2.27. The first-order chi connectivity index (χ1) is 10.4. The number of imidazole rings is 1. The van der Waals surface area contributed by atoms with Crippen molar-refractivity contribution in [2.75, 3.05) is 6.61 Å². The third kappa shape index (κ3) is 1.96. The van der Waals surface area contributed by atoms with Gasteiger partial charge in [-0.3, -0.25) is 9.36 Å². The second kappa shape index (κ2) is 4.95. The third-order valence-electron chi connectivity index (χ3n) is 3.78. The highest BCUT2D eigenvalue weighted by atomic mass is 16.6. The van der Waals surface area contributed by atoms with Crippen LogP contribution in [0.25, 0.3) is 11.2 Å². The van der Waals surface area contributed by atoms with Crippen LogP contribution in [-0.4, -0.2) is 65.2 Å². The van der Waals surface area contributed by atoms with E-state index in [-0.39, 0.29) is 16.9 Å². The monoisotopic (exact) mass is 309 g/mol. The van der Waals surface area contributed by atoms with Crippen LogP contribution in [0, 0.1) is 0 Å². The number of rotatable bonds is 3. The molecule has 22 heavy (non-hydrogen) atoms. The number of nitrogens with two attached hydrogens (primary N) is 1. The maximum atomic E-state index is 11.4. The lowest BCUT2D eigenvalue weighted by atomic mass is 9.96. The molecule has 10 heteroatoms. The van der Waals surface area contributed by atoms with Crippen LogP contribution >= 0.6 is 0 Å². The molecule has 0 saturated carbocycles. The highest BCUT2D eigenvalue weighted by Gasteiger charge is 2.53. The number of primary amides is 1. The summed E-state index contributed by atoms with van der Waals surface area (Å²) >= 11 is 0. The number of carbonyl (C=O) groups is 1. The molecule has 2 aromatic rings. The Labute approximate surface area is 124 Å². The van der Waals surface area contributed by atoms with E-state index in [1.165, 1.54) is 17.8 Å². The smallest absolute Gasteiger partial charge is 0.269 e. The van der Waals surface area contributed by atoms with Crippen molar-refractivity contribution in [1.29, 1.82) is 0 Å². The standard InChI is InChI=1S/C12H15N5O5/c1-12(21)8(19)5(2-18)22-11(12)17-4-16-7-6(9(13)20)14-3-15-10(7)17/h3-5,8,11,18-19,21H,2H2,1H3,(H2,13,20)/t5-,8-,11-,12-/m1/s1. The van der Waals surface area contributed by atoms with Gasteiger partial charge in [0, 0.05) is 0 Å². The van der Waals surface area contributed by atoms with E-state index in [2.05, 4.69) is 15.0 Å². The molecule has 0 unspecified atom stereocenters. The van der Waals surface area contributed by atoms with Crippen molar-refractivity contribution in [3.05, 3.63) is 18.3 Å². The minimum atomic E-state index is -1.68. The summed E-state index contributed by atoms with van der Waals surface area (Å²) in [6.07, 6.45) is -0.839. The van der Waals surface area contributed by atoms with Gasteiger partial charge in [0.1, 0.15) is 29.7 Å². The number of carbonyl (C=O) groups excluding carboxylic acids is 1. The van der Waals surface area contributed by atoms with Gasteiger partial charge in [0.05, 0.1) is 12.9 Å². The van der Waals surface area contributed by atoms with Crippen LogP contribution in [0.2, 0.25) is 0 Å². The Bertz CT molecular complexity index is 730. The van der Waals surface area contributed by atoms with E-state index >= 15 is 0 Å². The molecule has 1 saturated heterocycles. The number of fused-ring (bicyclic) bond motifs is 1. The van der Waals surface area contributed by atoms with Gasteiger partial charge in [-0.2, -0.15) is 0 Å². The third-order valence-corrected chi connectivity index (χ3v) is 3.78. The van der Waals surface area contributed by atoms with Crippen molar-refractivity contribution in [1.82, 2.24) is 19.5 Å². The minimum absolute atomic E-state index is 0.0550.